The standard InChI is InChI=1S/C14H23NO/c1-3-5-13(4-2)16-14-8-6-12(7-9-14)10-11-15/h6-9,13H,3-5,10-11,15H2,1-2H3. The summed E-state index contributed by atoms with van der Waals surface area (Å²) in [5, 5.41) is 0. The van der Waals surface area contributed by atoms with Gasteiger partial charge >= 0.3 is 0 Å². The maximum absolute atomic E-state index is 5.91. The minimum Gasteiger partial charge on any atom is -0.490 e. The second kappa shape index (κ2) is 7.29. The molecule has 0 radical (unpaired) electrons. The van der Waals surface area contributed by atoms with Gasteiger partial charge < -0.3 is 10.5 Å². The van der Waals surface area contributed by atoms with Crippen LogP contribution >= 0.6 is 0 Å². The SMILES string of the molecule is CCCC(CC)Oc1ccc(CCN)cc1. The summed E-state index contributed by atoms with van der Waals surface area (Å²) in [6.45, 7) is 5.06. The van der Waals surface area contributed by atoms with Gasteiger partial charge in [0.25, 0.3) is 0 Å². The molecule has 1 aromatic carbocycles. The van der Waals surface area contributed by atoms with Crippen molar-refractivity contribution in [2.24, 2.45) is 5.73 Å². The molecule has 0 saturated heterocycles. The maximum atomic E-state index is 5.91. The molecule has 0 saturated carbocycles. The third kappa shape index (κ3) is 4.23. The second-order valence-corrected chi connectivity index (χ2v) is 4.12. The van der Waals surface area contributed by atoms with E-state index >= 15 is 0 Å². The van der Waals surface area contributed by atoms with Gasteiger partial charge in [0.05, 0.1) is 6.10 Å². The molecule has 0 heterocycles. The van der Waals surface area contributed by atoms with Crippen LogP contribution in [0, 0.1) is 0 Å². The molecular weight excluding hydrogens is 198 g/mol. The predicted molar refractivity (Wildman–Crippen MR) is 68.8 cm³/mol. The van der Waals surface area contributed by atoms with Crippen LogP contribution < -0.4 is 10.5 Å². The summed E-state index contributed by atoms with van der Waals surface area (Å²) >= 11 is 0. The molecule has 16 heavy (non-hydrogen) atoms. The van der Waals surface area contributed by atoms with E-state index in [4.69, 9.17) is 10.5 Å². The second-order valence-electron chi connectivity index (χ2n) is 4.12. The summed E-state index contributed by atoms with van der Waals surface area (Å²) in [4.78, 5) is 0. The average molecular weight is 221 g/mol. The lowest BCUT2D eigenvalue weighted by Crippen LogP contribution is -2.14. The first-order chi connectivity index (χ1) is 7.80. The first kappa shape index (κ1) is 13.0. The Morgan fingerprint density at radius 2 is 1.88 bits per heavy atom. The molecule has 1 atom stereocenters. The van der Waals surface area contributed by atoms with Gasteiger partial charge in [-0.05, 0) is 43.5 Å². The third-order valence-corrected chi connectivity index (χ3v) is 2.73. The highest BCUT2D eigenvalue weighted by molar-refractivity contribution is 5.27. The normalized spacial score (nSPS) is 12.4. The molecule has 1 aromatic rings. The van der Waals surface area contributed by atoms with Crippen molar-refractivity contribution in [3.05, 3.63) is 29.8 Å². The third-order valence-electron chi connectivity index (χ3n) is 2.73. The highest BCUT2D eigenvalue weighted by Crippen LogP contribution is 2.17. The first-order valence-electron chi connectivity index (χ1n) is 6.25. The molecule has 0 aliphatic carbocycles. The van der Waals surface area contributed by atoms with E-state index in [1.54, 1.807) is 0 Å². The van der Waals surface area contributed by atoms with Gasteiger partial charge in [-0.25, -0.2) is 0 Å². The molecule has 0 aromatic heterocycles. The van der Waals surface area contributed by atoms with Crippen LogP contribution in [0.4, 0.5) is 0 Å². The van der Waals surface area contributed by atoms with Crippen LogP contribution in [0.2, 0.25) is 0 Å². The van der Waals surface area contributed by atoms with E-state index in [0.29, 0.717) is 12.6 Å². The smallest absolute Gasteiger partial charge is 0.119 e. The predicted octanol–water partition coefficient (Wildman–Crippen LogP) is 3.15. The molecule has 2 heteroatoms. The van der Waals surface area contributed by atoms with Crippen LogP contribution in [0.5, 0.6) is 5.75 Å². The van der Waals surface area contributed by atoms with Gasteiger partial charge in [-0.2, -0.15) is 0 Å². The van der Waals surface area contributed by atoms with Gasteiger partial charge in [0.1, 0.15) is 5.75 Å². The number of ether oxygens (including phenoxy) is 1. The Bertz CT molecular complexity index is 281. The van der Waals surface area contributed by atoms with E-state index in [-0.39, 0.29) is 0 Å². The van der Waals surface area contributed by atoms with Crippen molar-refractivity contribution in [3.63, 3.8) is 0 Å². The van der Waals surface area contributed by atoms with Crippen LogP contribution in [0.1, 0.15) is 38.7 Å². The number of nitrogens with two attached hydrogens (primary N) is 1. The molecular formula is C14H23NO. The monoisotopic (exact) mass is 221 g/mol. The summed E-state index contributed by atoms with van der Waals surface area (Å²) in [6.07, 6.45) is 4.65. The van der Waals surface area contributed by atoms with E-state index in [1.807, 2.05) is 12.1 Å². The maximum Gasteiger partial charge on any atom is 0.119 e. The molecule has 2 N–H and O–H groups in total. The van der Waals surface area contributed by atoms with Crippen LogP contribution in [-0.2, 0) is 6.42 Å². The molecule has 0 aliphatic heterocycles. The van der Waals surface area contributed by atoms with Crippen molar-refractivity contribution < 1.29 is 4.74 Å². The number of hydrogen-bond acceptors (Lipinski definition) is 2. The van der Waals surface area contributed by atoms with Gasteiger partial charge in [-0.1, -0.05) is 32.4 Å². The zero-order valence-corrected chi connectivity index (χ0v) is 10.4. The molecule has 0 bridgehead atoms. The number of rotatable bonds is 7. The van der Waals surface area contributed by atoms with E-state index in [9.17, 15) is 0 Å². The summed E-state index contributed by atoms with van der Waals surface area (Å²) in [7, 11) is 0. The van der Waals surface area contributed by atoms with Crippen molar-refractivity contribution in [3.8, 4) is 5.75 Å². The fourth-order valence-electron chi connectivity index (χ4n) is 1.76. The van der Waals surface area contributed by atoms with Crippen molar-refractivity contribution in [2.75, 3.05) is 6.54 Å². The van der Waals surface area contributed by atoms with Crippen LogP contribution in [0.25, 0.3) is 0 Å². The Labute approximate surface area is 98.8 Å². The summed E-state index contributed by atoms with van der Waals surface area (Å²) < 4.78 is 5.91. The summed E-state index contributed by atoms with van der Waals surface area (Å²) in [5.74, 6) is 0.973. The summed E-state index contributed by atoms with van der Waals surface area (Å²) in [5.41, 5.74) is 6.79. The first-order valence-corrected chi connectivity index (χ1v) is 6.25. The van der Waals surface area contributed by atoms with E-state index in [0.717, 1.165) is 25.0 Å². The lowest BCUT2D eigenvalue weighted by atomic mass is 10.1. The van der Waals surface area contributed by atoms with Crippen molar-refractivity contribution in [1.82, 2.24) is 0 Å². The quantitative estimate of drug-likeness (QED) is 0.767. The van der Waals surface area contributed by atoms with Crippen LogP contribution in [0.15, 0.2) is 24.3 Å². The van der Waals surface area contributed by atoms with Gasteiger partial charge in [-0.15, -0.1) is 0 Å². The van der Waals surface area contributed by atoms with Gasteiger partial charge in [0, 0.05) is 0 Å². The highest BCUT2D eigenvalue weighted by Gasteiger charge is 2.06. The zero-order chi connectivity index (χ0) is 11.8. The zero-order valence-electron chi connectivity index (χ0n) is 10.4. The molecule has 0 fully saturated rings. The lowest BCUT2D eigenvalue weighted by molar-refractivity contribution is 0.185. The molecule has 1 rings (SSSR count). The minimum absolute atomic E-state index is 0.352. The van der Waals surface area contributed by atoms with Crippen molar-refractivity contribution >= 4 is 0 Å². The largest absolute Gasteiger partial charge is 0.490 e. The Morgan fingerprint density at radius 3 is 2.38 bits per heavy atom. The van der Waals surface area contributed by atoms with E-state index in [1.165, 1.54) is 12.0 Å². The Kier molecular flexibility index (Phi) is 5.94. The fourth-order valence-corrected chi connectivity index (χ4v) is 1.76. The number of benzene rings is 1. The Morgan fingerprint density at radius 1 is 1.19 bits per heavy atom. The number of hydrogen-bond donors (Lipinski definition) is 1. The van der Waals surface area contributed by atoms with E-state index < -0.39 is 0 Å². The molecule has 0 spiro atoms. The topological polar surface area (TPSA) is 35.2 Å². The van der Waals surface area contributed by atoms with Gasteiger partial charge in [0.15, 0.2) is 0 Å². The van der Waals surface area contributed by atoms with Crippen molar-refractivity contribution in [1.29, 1.82) is 0 Å². The fraction of sp³-hybridized carbons (Fsp3) is 0.571. The molecule has 2 nitrogen and oxygen atoms in total. The van der Waals surface area contributed by atoms with Gasteiger partial charge in [0.2, 0.25) is 0 Å². The molecule has 0 aliphatic rings. The Hall–Kier alpha value is -1.02. The van der Waals surface area contributed by atoms with Gasteiger partial charge in [-0.3, -0.25) is 0 Å². The average Bonchev–Trinajstić information content (AvgIpc) is 2.31. The van der Waals surface area contributed by atoms with Crippen molar-refractivity contribution in [2.45, 2.75) is 45.6 Å². The lowest BCUT2D eigenvalue weighted by Gasteiger charge is -2.16. The molecule has 0 amide bonds. The molecule has 90 valence electrons. The van der Waals surface area contributed by atoms with Crippen LogP contribution in [-0.4, -0.2) is 12.6 Å². The highest BCUT2D eigenvalue weighted by atomic mass is 16.5. The summed E-state index contributed by atoms with van der Waals surface area (Å²) in [6, 6.07) is 8.29. The molecule has 1 unspecified atom stereocenters. The minimum atomic E-state index is 0.352. The Balaban J connectivity index is 2.53. The van der Waals surface area contributed by atoms with Crippen LogP contribution in [0.3, 0.4) is 0 Å². The van der Waals surface area contributed by atoms with E-state index in [2.05, 4.69) is 26.0 Å².